The Morgan fingerprint density at radius 2 is 1.77 bits per heavy atom. The smallest absolute Gasteiger partial charge is 0.228 e. The van der Waals surface area contributed by atoms with Gasteiger partial charge in [-0.05, 0) is 48.9 Å². The van der Waals surface area contributed by atoms with Gasteiger partial charge in [-0.2, -0.15) is 0 Å². The lowest BCUT2D eigenvalue weighted by molar-refractivity contribution is -0.117. The number of hydrogen-bond acceptors (Lipinski definition) is 2. The Kier molecular flexibility index (Phi) is 4.57. The molecule has 2 fully saturated rings. The molecule has 1 heterocycles. The minimum Gasteiger partial charge on any atom is -0.367 e. The maximum Gasteiger partial charge on any atom is 0.228 e. The van der Waals surface area contributed by atoms with Gasteiger partial charge in [0.1, 0.15) is 5.69 Å². The average Bonchev–Trinajstić information content (AvgIpc) is 3.21. The maximum atomic E-state index is 14.4. The van der Waals surface area contributed by atoms with Crippen molar-refractivity contribution in [2.24, 2.45) is 5.92 Å². The van der Waals surface area contributed by atoms with Gasteiger partial charge in [0.05, 0.1) is 0 Å². The highest BCUT2D eigenvalue weighted by Gasteiger charge is 2.44. The number of hydrogen-bond donors (Lipinski definition) is 1. The van der Waals surface area contributed by atoms with Crippen LogP contribution in [0.5, 0.6) is 0 Å². The summed E-state index contributed by atoms with van der Waals surface area (Å²) in [6, 6.07) is 9.83. The molecule has 26 heavy (non-hydrogen) atoms. The molecule has 0 spiro atoms. The Morgan fingerprint density at radius 1 is 1.12 bits per heavy atom. The second kappa shape index (κ2) is 6.88. The predicted molar refractivity (Wildman–Crippen MR) is 98.7 cm³/mol. The summed E-state index contributed by atoms with van der Waals surface area (Å²) in [6.45, 7) is 1.31. The van der Waals surface area contributed by atoms with E-state index in [1.54, 1.807) is 11.0 Å². The number of halogens is 3. The molecule has 1 saturated carbocycles. The fourth-order valence-corrected chi connectivity index (χ4v) is 4.00. The summed E-state index contributed by atoms with van der Waals surface area (Å²) in [4.78, 5) is 14.1. The first kappa shape index (κ1) is 17.3. The Balaban J connectivity index is 1.46. The molecule has 1 saturated heterocycles. The second-order valence-corrected chi connectivity index (χ2v) is 7.35. The third kappa shape index (κ3) is 3.28. The highest BCUT2D eigenvalue weighted by atomic mass is 35.5. The summed E-state index contributed by atoms with van der Waals surface area (Å²) < 4.78 is 28.7. The van der Waals surface area contributed by atoms with Crippen LogP contribution in [0, 0.1) is 17.6 Å². The van der Waals surface area contributed by atoms with E-state index in [1.807, 2.05) is 18.2 Å². The number of rotatable bonds is 4. The molecule has 2 aromatic carbocycles. The summed E-state index contributed by atoms with van der Waals surface area (Å²) in [6.07, 6.45) is 2.55. The van der Waals surface area contributed by atoms with Crippen LogP contribution in [0.2, 0.25) is 5.02 Å². The first-order valence-electron chi connectivity index (χ1n) is 8.84. The minimum atomic E-state index is -0.638. The van der Waals surface area contributed by atoms with Gasteiger partial charge < -0.3 is 10.2 Å². The molecule has 1 N–H and O–H groups in total. The Hall–Kier alpha value is -2.14. The van der Waals surface area contributed by atoms with E-state index in [9.17, 15) is 13.6 Å². The summed E-state index contributed by atoms with van der Waals surface area (Å²) in [7, 11) is 0. The molecular formula is C20H19ClF2N2O. The van der Waals surface area contributed by atoms with Gasteiger partial charge in [-0.1, -0.05) is 29.8 Å². The monoisotopic (exact) mass is 376 g/mol. The number of anilines is 2. The van der Waals surface area contributed by atoms with Crippen LogP contribution < -0.4 is 10.2 Å². The minimum absolute atomic E-state index is 0.000801. The first-order chi connectivity index (χ1) is 12.5. The number of benzene rings is 2. The zero-order valence-electron chi connectivity index (χ0n) is 14.1. The van der Waals surface area contributed by atoms with Crippen molar-refractivity contribution in [3.05, 3.63) is 58.6 Å². The molecule has 1 aliphatic carbocycles. The predicted octanol–water partition coefficient (Wildman–Crippen LogP) is 4.96. The standard InChI is InChI=1S/C20H19ClF2N2O/c21-16-6-2-1-5-13(16)14-11-15(14)20(26)24-12-9-17(22)19(18(23)10-12)25-7-3-4-8-25/h1-2,5-6,9-10,14-15H,3-4,7-8,11H2,(H,24,26). The number of nitrogens with one attached hydrogen (secondary N) is 1. The van der Waals surface area contributed by atoms with Crippen molar-refractivity contribution in [3.8, 4) is 0 Å². The van der Waals surface area contributed by atoms with Crippen molar-refractivity contribution in [2.75, 3.05) is 23.3 Å². The van der Waals surface area contributed by atoms with Crippen molar-refractivity contribution in [3.63, 3.8) is 0 Å². The lowest BCUT2D eigenvalue weighted by Crippen LogP contribution is -2.21. The first-order valence-corrected chi connectivity index (χ1v) is 9.21. The van der Waals surface area contributed by atoms with Gasteiger partial charge in [-0.3, -0.25) is 4.79 Å². The van der Waals surface area contributed by atoms with Gasteiger partial charge in [0.25, 0.3) is 0 Å². The third-order valence-corrected chi connectivity index (χ3v) is 5.48. The molecule has 3 nitrogen and oxygen atoms in total. The number of carbonyl (C=O) groups excluding carboxylic acids is 1. The van der Waals surface area contributed by atoms with Gasteiger partial charge in [0.2, 0.25) is 5.91 Å². The summed E-state index contributed by atoms with van der Waals surface area (Å²) in [5.74, 6) is -1.68. The van der Waals surface area contributed by atoms with Crippen LogP contribution in [-0.2, 0) is 4.79 Å². The average molecular weight is 377 g/mol. The van der Waals surface area contributed by atoms with E-state index in [4.69, 9.17) is 11.6 Å². The highest BCUT2D eigenvalue weighted by molar-refractivity contribution is 6.31. The third-order valence-electron chi connectivity index (χ3n) is 5.14. The Morgan fingerprint density at radius 3 is 2.42 bits per heavy atom. The van der Waals surface area contributed by atoms with Crippen LogP contribution in [0.25, 0.3) is 0 Å². The SMILES string of the molecule is O=C(Nc1cc(F)c(N2CCCC2)c(F)c1)C1CC1c1ccccc1Cl. The molecule has 0 bridgehead atoms. The van der Waals surface area contributed by atoms with E-state index in [-0.39, 0.29) is 29.1 Å². The number of amides is 1. The van der Waals surface area contributed by atoms with Crippen LogP contribution in [0.1, 0.15) is 30.7 Å². The maximum absolute atomic E-state index is 14.4. The van der Waals surface area contributed by atoms with Crippen molar-refractivity contribution >= 4 is 28.9 Å². The van der Waals surface area contributed by atoms with E-state index in [0.29, 0.717) is 24.5 Å². The molecule has 4 rings (SSSR count). The van der Waals surface area contributed by atoms with Crippen LogP contribution >= 0.6 is 11.6 Å². The lowest BCUT2D eigenvalue weighted by atomic mass is 10.1. The van der Waals surface area contributed by atoms with Gasteiger partial charge in [-0.15, -0.1) is 0 Å². The Bertz CT molecular complexity index is 828. The number of nitrogens with zero attached hydrogens (tertiary/aromatic N) is 1. The van der Waals surface area contributed by atoms with Crippen LogP contribution in [0.15, 0.2) is 36.4 Å². The molecule has 2 atom stereocenters. The zero-order valence-corrected chi connectivity index (χ0v) is 14.9. The van der Waals surface area contributed by atoms with Crippen LogP contribution in [0.4, 0.5) is 20.2 Å². The van der Waals surface area contributed by atoms with Crippen molar-refractivity contribution in [1.82, 2.24) is 0 Å². The largest absolute Gasteiger partial charge is 0.367 e. The molecule has 1 amide bonds. The van der Waals surface area contributed by atoms with Crippen molar-refractivity contribution in [2.45, 2.75) is 25.2 Å². The number of carbonyl (C=O) groups is 1. The summed E-state index contributed by atoms with van der Waals surface area (Å²) in [5.41, 5.74) is 1.09. The van der Waals surface area contributed by atoms with Gasteiger partial charge in [-0.25, -0.2) is 8.78 Å². The quantitative estimate of drug-likeness (QED) is 0.817. The van der Waals surface area contributed by atoms with E-state index in [2.05, 4.69) is 5.32 Å². The highest BCUT2D eigenvalue weighted by Crippen LogP contribution is 2.50. The molecular weight excluding hydrogens is 358 g/mol. The summed E-state index contributed by atoms with van der Waals surface area (Å²) in [5, 5.41) is 3.28. The van der Waals surface area contributed by atoms with Gasteiger partial charge in [0, 0.05) is 29.7 Å². The topological polar surface area (TPSA) is 32.3 Å². The van der Waals surface area contributed by atoms with E-state index in [0.717, 1.165) is 18.4 Å². The molecule has 2 aromatic rings. The molecule has 2 unspecified atom stereocenters. The van der Waals surface area contributed by atoms with E-state index < -0.39 is 11.6 Å². The Labute approximate surface area is 156 Å². The molecule has 0 radical (unpaired) electrons. The molecule has 1 aliphatic heterocycles. The van der Waals surface area contributed by atoms with Crippen LogP contribution in [-0.4, -0.2) is 19.0 Å². The van der Waals surface area contributed by atoms with Gasteiger partial charge in [0.15, 0.2) is 11.6 Å². The van der Waals surface area contributed by atoms with Gasteiger partial charge >= 0.3 is 0 Å². The second-order valence-electron chi connectivity index (χ2n) is 6.94. The van der Waals surface area contributed by atoms with Crippen molar-refractivity contribution < 1.29 is 13.6 Å². The zero-order chi connectivity index (χ0) is 18.3. The van der Waals surface area contributed by atoms with E-state index >= 15 is 0 Å². The molecule has 6 heteroatoms. The normalized spacial score (nSPS) is 21.7. The fraction of sp³-hybridized carbons (Fsp3) is 0.350. The summed E-state index contributed by atoms with van der Waals surface area (Å²) >= 11 is 6.18. The molecule has 2 aliphatic rings. The molecule has 0 aromatic heterocycles. The van der Waals surface area contributed by atoms with Crippen molar-refractivity contribution in [1.29, 1.82) is 0 Å². The van der Waals surface area contributed by atoms with Crippen LogP contribution in [0.3, 0.4) is 0 Å². The lowest BCUT2D eigenvalue weighted by Gasteiger charge is -2.19. The van der Waals surface area contributed by atoms with E-state index in [1.165, 1.54) is 12.1 Å². The fourth-order valence-electron chi connectivity index (χ4n) is 3.72. The molecule has 136 valence electrons.